The van der Waals surface area contributed by atoms with Gasteiger partial charge in [-0.25, -0.2) is 4.98 Å². The summed E-state index contributed by atoms with van der Waals surface area (Å²) in [5.74, 6) is 2.49. The zero-order valence-electron chi connectivity index (χ0n) is 12.6. The van der Waals surface area contributed by atoms with E-state index in [1.165, 1.54) is 6.20 Å². The van der Waals surface area contributed by atoms with Crippen molar-refractivity contribution < 1.29 is 14.3 Å². The minimum Gasteiger partial charge on any atom is -0.439 e. The molecule has 122 valence electrons. The fourth-order valence-corrected chi connectivity index (χ4v) is 2.08. The second-order valence-electron chi connectivity index (χ2n) is 4.61. The van der Waals surface area contributed by atoms with Crippen LogP contribution in [0.4, 0.5) is 0 Å². The zero-order chi connectivity index (χ0) is 17.4. The molecule has 6 nitrogen and oxygen atoms in total. The van der Waals surface area contributed by atoms with Crippen LogP contribution in [0.1, 0.15) is 10.4 Å². The molecule has 0 fully saturated rings. The van der Waals surface area contributed by atoms with Crippen LogP contribution in [-0.4, -0.2) is 29.9 Å². The molecule has 24 heavy (non-hydrogen) atoms. The number of carbonyl (C=O) groups is 2. The first-order chi connectivity index (χ1) is 11.6. The number of carbonyl (C=O) groups excluding carboxylic acids is 2. The largest absolute Gasteiger partial charge is 0.439 e. The molecule has 2 amide bonds. The van der Waals surface area contributed by atoms with Crippen LogP contribution in [0.2, 0.25) is 0 Å². The Morgan fingerprint density at radius 3 is 2.75 bits per heavy atom. The zero-order valence-corrected chi connectivity index (χ0v) is 14.2. The van der Waals surface area contributed by atoms with Gasteiger partial charge in [-0.1, -0.05) is 27.9 Å². The highest BCUT2D eigenvalue weighted by atomic mass is 79.9. The van der Waals surface area contributed by atoms with Gasteiger partial charge in [-0.05, 0) is 24.3 Å². The van der Waals surface area contributed by atoms with Gasteiger partial charge >= 0.3 is 0 Å². The van der Waals surface area contributed by atoms with Crippen LogP contribution in [0.5, 0.6) is 11.6 Å². The number of nitrogens with one attached hydrogen (secondary N) is 2. The van der Waals surface area contributed by atoms with Gasteiger partial charge in [-0.2, -0.15) is 0 Å². The van der Waals surface area contributed by atoms with Crippen LogP contribution >= 0.6 is 15.9 Å². The molecule has 2 aromatic rings. The number of hydrogen-bond donors (Lipinski definition) is 2. The third-order valence-electron chi connectivity index (χ3n) is 2.81. The summed E-state index contributed by atoms with van der Waals surface area (Å²) in [5.41, 5.74) is 0.321. The molecule has 0 radical (unpaired) electrons. The number of rotatable bonds is 6. The summed E-state index contributed by atoms with van der Waals surface area (Å²) in [6.45, 7) is -0.0330. The van der Waals surface area contributed by atoms with E-state index in [2.05, 4.69) is 37.5 Å². The number of terminal acetylenes is 1. The maximum atomic E-state index is 11.9. The first kappa shape index (κ1) is 17.5. The maximum absolute atomic E-state index is 11.9. The fourth-order valence-electron chi connectivity index (χ4n) is 1.70. The predicted octanol–water partition coefficient (Wildman–Crippen LogP) is 2.12. The molecule has 7 heteroatoms. The van der Waals surface area contributed by atoms with Gasteiger partial charge in [0, 0.05) is 16.7 Å². The Labute approximate surface area is 147 Å². The Kier molecular flexibility index (Phi) is 6.34. The molecule has 0 atom stereocenters. The molecule has 2 rings (SSSR count). The summed E-state index contributed by atoms with van der Waals surface area (Å²) in [6, 6.07) is 10.5. The molecular formula is C17H14BrN3O3. The van der Waals surface area contributed by atoms with Crippen molar-refractivity contribution >= 4 is 27.7 Å². The minimum absolute atomic E-state index is 0.123. The van der Waals surface area contributed by atoms with Crippen molar-refractivity contribution in [2.24, 2.45) is 0 Å². The molecule has 1 aromatic heterocycles. The summed E-state index contributed by atoms with van der Waals surface area (Å²) in [7, 11) is 0. The van der Waals surface area contributed by atoms with Crippen LogP contribution in [0.15, 0.2) is 47.1 Å². The van der Waals surface area contributed by atoms with Gasteiger partial charge < -0.3 is 15.4 Å². The number of aromatic nitrogens is 1. The van der Waals surface area contributed by atoms with Gasteiger partial charge in [-0.15, -0.1) is 6.42 Å². The molecule has 0 aliphatic heterocycles. The van der Waals surface area contributed by atoms with Gasteiger partial charge in [0.15, 0.2) is 0 Å². The van der Waals surface area contributed by atoms with Gasteiger partial charge in [-0.3, -0.25) is 9.59 Å². The van der Waals surface area contributed by atoms with Gasteiger partial charge in [0.1, 0.15) is 5.75 Å². The standard InChI is InChI=1S/C17H14BrN3O3/c1-2-8-19-15(22)11-21-17(23)12-6-7-16(20-10-12)24-14-5-3-4-13(18)9-14/h1,3-7,9-10H,8,11H2,(H,19,22)(H,21,23). The third kappa shape index (κ3) is 5.41. The lowest BCUT2D eigenvalue weighted by Gasteiger charge is -2.07. The Hall–Kier alpha value is -2.85. The van der Waals surface area contributed by atoms with Crippen molar-refractivity contribution in [1.29, 1.82) is 0 Å². The first-order valence-corrected chi connectivity index (χ1v) is 7.75. The predicted molar refractivity (Wildman–Crippen MR) is 92.6 cm³/mol. The van der Waals surface area contributed by atoms with E-state index in [1.54, 1.807) is 24.3 Å². The average Bonchev–Trinajstić information content (AvgIpc) is 2.58. The molecule has 2 N–H and O–H groups in total. The monoisotopic (exact) mass is 387 g/mol. The van der Waals surface area contributed by atoms with Crippen molar-refractivity contribution in [3.8, 4) is 24.0 Å². The SMILES string of the molecule is C#CCNC(=O)CNC(=O)c1ccc(Oc2cccc(Br)c2)nc1. The van der Waals surface area contributed by atoms with E-state index in [4.69, 9.17) is 11.2 Å². The Morgan fingerprint density at radius 1 is 1.25 bits per heavy atom. The van der Waals surface area contributed by atoms with Crippen LogP contribution < -0.4 is 15.4 Å². The fraction of sp³-hybridized carbons (Fsp3) is 0.118. The molecule has 0 aliphatic rings. The highest BCUT2D eigenvalue weighted by molar-refractivity contribution is 9.10. The average molecular weight is 388 g/mol. The molecule has 1 heterocycles. The summed E-state index contributed by atoms with van der Waals surface area (Å²) >= 11 is 3.35. The van der Waals surface area contributed by atoms with Crippen LogP contribution in [0.3, 0.4) is 0 Å². The Balaban J connectivity index is 1.90. The van der Waals surface area contributed by atoms with Crippen molar-refractivity contribution in [2.45, 2.75) is 0 Å². The van der Waals surface area contributed by atoms with Crippen LogP contribution in [0.25, 0.3) is 0 Å². The number of benzene rings is 1. The van der Waals surface area contributed by atoms with Gasteiger partial charge in [0.2, 0.25) is 11.8 Å². The van der Waals surface area contributed by atoms with Gasteiger partial charge in [0.25, 0.3) is 5.91 Å². The topological polar surface area (TPSA) is 80.3 Å². The van der Waals surface area contributed by atoms with E-state index in [-0.39, 0.29) is 19.0 Å². The Morgan fingerprint density at radius 2 is 2.08 bits per heavy atom. The van der Waals surface area contributed by atoms with Crippen molar-refractivity contribution in [2.75, 3.05) is 13.1 Å². The van der Waals surface area contributed by atoms with Crippen LogP contribution in [0, 0.1) is 12.3 Å². The maximum Gasteiger partial charge on any atom is 0.253 e. The number of nitrogens with zero attached hydrogens (tertiary/aromatic N) is 1. The second-order valence-corrected chi connectivity index (χ2v) is 5.52. The Bertz CT molecular complexity index is 769. The van der Waals surface area contributed by atoms with E-state index >= 15 is 0 Å². The van der Waals surface area contributed by atoms with E-state index in [9.17, 15) is 9.59 Å². The lowest BCUT2D eigenvalue weighted by Crippen LogP contribution is -2.37. The number of ether oxygens (including phenoxy) is 1. The van der Waals surface area contributed by atoms with E-state index in [0.717, 1.165) is 4.47 Å². The number of pyridine rings is 1. The molecule has 0 bridgehead atoms. The minimum atomic E-state index is -0.410. The lowest BCUT2D eigenvalue weighted by molar-refractivity contribution is -0.119. The quantitative estimate of drug-likeness (QED) is 0.743. The molecule has 0 saturated carbocycles. The molecule has 0 unspecified atom stereocenters. The number of amides is 2. The first-order valence-electron chi connectivity index (χ1n) is 6.96. The van der Waals surface area contributed by atoms with E-state index in [1.807, 2.05) is 12.1 Å². The smallest absolute Gasteiger partial charge is 0.253 e. The van der Waals surface area contributed by atoms with Crippen molar-refractivity contribution in [1.82, 2.24) is 15.6 Å². The third-order valence-corrected chi connectivity index (χ3v) is 3.31. The van der Waals surface area contributed by atoms with Crippen molar-refractivity contribution in [3.63, 3.8) is 0 Å². The number of halogens is 1. The van der Waals surface area contributed by atoms with Crippen molar-refractivity contribution in [3.05, 3.63) is 52.6 Å². The summed E-state index contributed by atoms with van der Waals surface area (Å²) < 4.78 is 6.47. The normalized spacial score (nSPS) is 9.67. The summed E-state index contributed by atoms with van der Waals surface area (Å²) in [5, 5.41) is 4.93. The molecule has 0 aliphatic carbocycles. The second kappa shape index (κ2) is 8.70. The van der Waals surface area contributed by atoms with E-state index < -0.39 is 5.91 Å². The van der Waals surface area contributed by atoms with Crippen LogP contribution in [-0.2, 0) is 4.79 Å². The summed E-state index contributed by atoms with van der Waals surface area (Å²) in [6.07, 6.45) is 6.40. The molecule has 0 spiro atoms. The molecule has 1 aromatic carbocycles. The van der Waals surface area contributed by atoms with Gasteiger partial charge in [0.05, 0.1) is 18.7 Å². The van der Waals surface area contributed by atoms with E-state index in [0.29, 0.717) is 17.2 Å². The highest BCUT2D eigenvalue weighted by Gasteiger charge is 2.09. The summed E-state index contributed by atoms with van der Waals surface area (Å²) in [4.78, 5) is 27.4. The number of hydrogen-bond acceptors (Lipinski definition) is 4. The molecular weight excluding hydrogens is 374 g/mol. The molecule has 0 saturated heterocycles. The highest BCUT2D eigenvalue weighted by Crippen LogP contribution is 2.22. The lowest BCUT2D eigenvalue weighted by atomic mass is 10.2.